The highest BCUT2D eigenvalue weighted by atomic mass is 16.5. The van der Waals surface area contributed by atoms with Crippen LogP contribution in [0.2, 0.25) is 0 Å². The van der Waals surface area contributed by atoms with Crippen LogP contribution in [0.4, 0.5) is 5.82 Å². The number of para-hydroxylation sites is 2. The third-order valence-corrected chi connectivity index (χ3v) is 4.72. The Bertz CT molecular complexity index is 1210. The second kappa shape index (κ2) is 7.43. The SMILES string of the molecule is CC(C)CCOC(=O)c1c(N)n(-c2cccc(O)c2)c2nc3ccccc3nc12. The minimum absolute atomic E-state index is 0.0820. The summed E-state index contributed by atoms with van der Waals surface area (Å²) in [5, 5.41) is 9.91. The van der Waals surface area contributed by atoms with Crippen LogP contribution >= 0.6 is 0 Å². The molecule has 2 heterocycles. The van der Waals surface area contributed by atoms with Crippen molar-refractivity contribution in [2.45, 2.75) is 20.3 Å². The number of rotatable bonds is 5. The monoisotopic (exact) mass is 390 g/mol. The number of benzene rings is 2. The van der Waals surface area contributed by atoms with Gasteiger partial charge < -0.3 is 15.6 Å². The van der Waals surface area contributed by atoms with Gasteiger partial charge in [0.2, 0.25) is 0 Å². The van der Waals surface area contributed by atoms with Crippen LogP contribution in [0.3, 0.4) is 0 Å². The summed E-state index contributed by atoms with van der Waals surface area (Å²) in [6, 6.07) is 14.0. The number of carbonyl (C=O) groups is 1. The lowest BCUT2D eigenvalue weighted by Gasteiger charge is -2.09. The van der Waals surface area contributed by atoms with E-state index >= 15 is 0 Å². The number of nitrogens with two attached hydrogens (primary N) is 1. The van der Waals surface area contributed by atoms with Crippen molar-refractivity contribution in [3.05, 3.63) is 54.1 Å². The highest BCUT2D eigenvalue weighted by molar-refractivity contribution is 6.09. The molecule has 4 rings (SSSR count). The minimum Gasteiger partial charge on any atom is -0.508 e. The van der Waals surface area contributed by atoms with E-state index in [1.807, 2.05) is 24.3 Å². The molecule has 7 nitrogen and oxygen atoms in total. The van der Waals surface area contributed by atoms with Gasteiger partial charge in [-0.2, -0.15) is 0 Å². The molecular weight excluding hydrogens is 368 g/mol. The highest BCUT2D eigenvalue weighted by Gasteiger charge is 2.26. The first-order valence-corrected chi connectivity index (χ1v) is 9.49. The van der Waals surface area contributed by atoms with Gasteiger partial charge in [-0.05, 0) is 36.6 Å². The number of nitrogens with zero attached hydrogens (tertiary/aromatic N) is 3. The Morgan fingerprint density at radius 2 is 1.86 bits per heavy atom. The van der Waals surface area contributed by atoms with Crippen LogP contribution in [-0.4, -0.2) is 32.2 Å². The molecule has 0 atom stereocenters. The molecule has 0 unspecified atom stereocenters. The predicted molar refractivity (Wildman–Crippen MR) is 112 cm³/mol. The van der Waals surface area contributed by atoms with Crippen molar-refractivity contribution in [1.82, 2.24) is 14.5 Å². The van der Waals surface area contributed by atoms with Crippen molar-refractivity contribution in [3.8, 4) is 11.4 Å². The van der Waals surface area contributed by atoms with E-state index in [9.17, 15) is 9.90 Å². The van der Waals surface area contributed by atoms with Crippen molar-refractivity contribution in [1.29, 1.82) is 0 Å². The summed E-state index contributed by atoms with van der Waals surface area (Å²) >= 11 is 0. The van der Waals surface area contributed by atoms with Gasteiger partial charge in [0, 0.05) is 6.07 Å². The second-order valence-corrected chi connectivity index (χ2v) is 7.32. The lowest BCUT2D eigenvalue weighted by Crippen LogP contribution is -2.11. The van der Waals surface area contributed by atoms with Crippen LogP contribution in [0.1, 0.15) is 30.6 Å². The molecule has 0 aliphatic rings. The van der Waals surface area contributed by atoms with Crippen molar-refractivity contribution in [2.24, 2.45) is 5.92 Å². The van der Waals surface area contributed by atoms with E-state index in [-0.39, 0.29) is 17.1 Å². The number of hydrogen-bond donors (Lipinski definition) is 2. The smallest absolute Gasteiger partial charge is 0.344 e. The van der Waals surface area contributed by atoms with Crippen LogP contribution in [0.5, 0.6) is 5.75 Å². The van der Waals surface area contributed by atoms with Crippen LogP contribution in [0.25, 0.3) is 27.9 Å². The molecule has 29 heavy (non-hydrogen) atoms. The third kappa shape index (κ3) is 3.47. The topological polar surface area (TPSA) is 103 Å². The molecule has 2 aromatic heterocycles. The minimum atomic E-state index is -0.531. The first-order valence-electron chi connectivity index (χ1n) is 9.49. The van der Waals surface area contributed by atoms with Crippen molar-refractivity contribution < 1.29 is 14.6 Å². The Kier molecular flexibility index (Phi) is 4.80. The molecule has 0 amide bonds. The van der Waals surface area contributed by atoms with Crippen LogP contribution in [0.15, 0.2) is 48.5 Å². The van der Waals surface area contributed by atoms with Gasteiger partial charge in [0.25, 0.3) is 0 Å². The zero-order valence-electron chi connectivity index (χ0n) is 16.3. The Morgan fingerprint density at radius 3 is 2.55 bits per heavy atom. The van der Waals surface area contributed by atoms with E-state index in [0.717, 1.165) is 6.42 Å². The van der Waals surface area contributed by atoms with Crippen molar-refractivity contribution in [3.63, 3.8) is 0 Å². The van der Waals surface area contributed by atoms with Gasteiger partial charge in [-0.1, -0.05) is 32.0 Å². The van der Waals surface area contributed by atoms with E-state index in [0.29, 0.717) is 40.4 Å². The maximum atomic E-state index is 12.9. The van der Waals surface area contributed by atoms with Gasteiger partial charge in [-0.15, -0.1) is 0 Å². The number of hydrogen-bond acceptors (Lipinski definition) is 6. The molecule has 148 valence electrons. The van der Waals surface area contributed by atoms with E-state index in [1.54, 1.807) is 28.8 Å². The Morgan fingerprint density at radius 1 is 1.14 bits per heavy atom. The van der Waals surface area contributed by atoms with Crippen molar-refractivity contribution in [2.75, 3.05) is 12.3 Å². The van der Waals surface area contributed by atoms with Crippen LogP contribution in [0, 0.1) is 5.92 Å². The molecule has 4 aromatic rings. The molecular formula is C22H22N4O3. The molecule has 0 spiro atoms. The quantitative estimate of drug-likeness (QED) is 0.498. The lowest BCUT2D eigenvalue weighted by atomic mass is 10.1. The fourth-order valence-electron chi connectivity index (χ4n) is 3.22. The molecule has 0 saturated carbocycles. The number of fused-ring (bicyclic) bond motifs is 2. The number of esters is 1. The molecule has 0 aliphatic carbocycles. The fourth-order valence-corrected chi connectivity index (χ4v) is 3.22. The Balaban J connectivity index is 1.93. The maximum Gasteiger partial charge on any atom is 0.344 e. The van der Waals surface area contributed by atoms with Gasteiger partial charge in [0.15, 0.2) is 5.65 Å². The molecule has 0 saturated heterocycles. The molecule has 0 fully saturated rings. The summed E-state index contributed by atoms with van der Waals surface area (Å²) in [5.41, 5.74) is 9.30. The van der Waals surface area contributed by atoms with Gasteiger partial charge >= 0.3 is 5.97 Å². The summed E-state index contributed by atoms with van der Waals surface area (Å²) in [6.45, 7) is 4.43. The summed E-state index contributed by atoms with van der Waals surface area (Å²) in [6.07, 6.45) is 0.755. The average Bonchev–Trinajstić information content (AvgIpc) is 2.96. The van der Waals surface area contributed by atoms with Gasteiger partial charge in [-0.3, -0.25) is 4.57 Å². The van der Waals surface area contributed by atoms with E-state index in [2.05, 4.69) is 23.8 Å². The van der Waals surface area contributed by atoms with Gasteiger partial charge in [0.05, 0.1) is 23.3 Å². The third-order valence-electron chi connectivity index (χ3n) is 4.72. The van der Waals surface area contributed by atoms with E-state index in [4.69, 9.17) is 10.5 Å². The predicted octanol–water partition coefficient (Wildman–Crippen LogP) is 4.06. The van der Waals surface area contributed by atoms with E-state index in [1.165, 1.54) is 0 Å². The van der Waals surface area contributed by atoms with Crippen molar-refractivity contribution >= 4 is 34.0 Å². The number of ether oxygens (including phenoxy) is 1. The molecule has 3 N–H and O–H groups in total. The first-order chi connectivity index (χ1) is 14.0. The standard InChI is InChI=1S/C22H22N4O3/c1-13(2)10-11-29-22(28)18-19-21(25-17-9-4-3-8-16(17)24-19)26(20(18)23)14-6-5-7-15(27)12-14/h3-9,12-13,27H,10-11,23H2,1-2H3. The average molecular weight is 390 g/mol. The Labute approximate surface area is 167 Å². The number of nitrogen functional groups attached to an aromatic ring is 1. The number of phenolic OH excluding ortho intramolecular Hbond substituents is 1. The molecule has 0 radical (unpaired) electrons. The number of aromatic nitrogens is 3. The summed E-state index contributed by atoms with van der Waals surface area (Å²) in [4.78, 5) is 22.2. The van der Waals surface area contributed by atoms with Gasteiger partial charge in [0.1, 0.15) is 22.6 Å². The number of carbonyl (C=O) groups excluding carboxylic acids is 1. The van der Waals surface area contributed by atoms with Crippen LogP contribution in [-0.2, 0) is 4.74 Å². The molecule has 2 aromatic carbocycles. The van der Waals surface area contributed by atoms with E-state index < -0.39 is 5.97 Å². The maximum absolute atomic E-state index is 12.9. The fraction of sp³-hybridized carbons (Fsp3) is 0.227. The zero-order chi connectivity index (χ0) is 20.5. The molecule has 0 aliphatic heterocycles. The summed E-state index contributed by atoms with van der Waals surface area (Å²) in [7, 11) is 0. The highest BCUT2D eigenvalue weighted by Crippen LogP contribution is 2.32. The van der Waals surface area contributed by atoms with Crippen LogP contribution < -0.4 is 5.73 Å². The molecule has 7 heteroatoms. The largest absolute Gasteiger partial charge is 0.508 e. The zero-order valence-corrected chi connectivity index (χ0v) is 16.3. The lowest BCUT2D eigenvalue weighted by molar-refractivity contribution is 0.0491. The first kappa shape index (κ1) is 18.7. The number of phenols is 1. The molecule has 0 bridgehead atoms. The summed E-state index contributed by atoms with van der Waals surface area (Å²) < 4.78 is 7.08. The van der Waals surface area contributed by atoms with Gasteiger partial charge in [-0.25, -0.2) is 14.8 Å². The summed E-state index contributed by atoms with van der Waals surface area (Å²) in [5.74, 6) is 0.142. The normalized spacial score (nSPS) is 11.4. The number of aromatic hydroxyl groups is 1. The number of anilines is 1. The Hall–Kier alpha value is -3.61. The second-order valence-electron chi connectivity index (χ2n) is 7.32.